The summed E-state index contributed by atoms with van der Waals surface area (Å²) in [7, 11) is 0. The molecule has 6 heteroatoms. The number of nitrogens with two attached hydrogens (primary N) is 1. The molecule has 0 spiro atoms. The number of nitrogen functional groups attached to an aromatic ring is 1. The standard InChI is InChI=1S/C15H13BrFNO3/c16-11-2-4-12(5-3-11)20-7-8-21-15(19)10-1-6-14(18)13(17)9-10/h1-6,9H,7-8,18H2. The van der Waals surface area contributed by atoms with Gasteiger partial charge in [-0.3, -0.25) is 0 Å². The Hall–Kier alpha value is -2.08. The highest BCUT2D eigenvalue weighted by Crippen LogP contribution is 2.16. The summed E-state index contributed by atoms with van der Waals surface area (Å²) in [5, 5.41) is 0. The van der Waals surface area contributed by atoms with Gasteiger partial charge in [0.2, 0.25) is 0 Å². The molecule has 0 aliphatic rings. The molecule has 0 amide bonds. The highest BCUT2D eigenvalue weighted by Gasteiger charge is 2.09. The van der Waals surface area contributed by atoms with E-state index in [0.717, 1.165) is 10.5 Å². The van der Waals surface area contributed by atoms with Crippen molar-refractivity contribution in [1.29, 1.82) is 0 Å². The highest BCUT2D eigenvalue weighted by atomic mass is 79.9. The zero-order valence-electron chi connectivity index (χ0n) is 11.0. The van der Waals surface area contributed by atoms with Gasteiger partial charge >= 0.3 is 5.97 Å². The quantitative estimate of drug-likeness (QED) is 0.508. The lowest BCUT2D eigenvalue weighted by molar-refractivity contribution is 0.0450. The van der Waals surface area contributed by atoms with E-state index in [1.807, 2.05) is 12.1 Å². The van der Waals surface area contributed by atoms with Crippen LogP contribution in [0.2, 0.25) is 0 Å². The topological polar surface area (TPSA) is 61.6 Å². The largest absolute Gasteiger partial charge is 0.490 e. The molecule has 4 nitrogen and oxygen atoms in total. The Morgan fingerprint density at radius 3 is 2.52 bits per heavy atom. The van der Waals surface area contributed by atoms with Gasteiger partial charge in [-0.1, -0.05) is 15.9 Å². The van der Waals surface area contributed by atoms with Gasteiger partial charge in [0.25, 0.3) is 0 Å². The minimum absolute atomic E-state index is 0.00915. The van der Waals surface area contributed by atoms with Crippen molar-refractivity contribution in [2.75, 3.05) is 18.9 Å². The summed E-state index contributed by atoms with van der Waals surface area (Å²) >= 11 is 3.32. The fraction of sp³-hybridized carbons (Fsp3) is 0.133. The maximum absolute atomic E-state index is 13.2. The van der Waals surface area contributed by atoms with Crippen LogP contribution in [-0.4, -0.2) is 19.2 Å². The number of carbonyl (C=O) groups is 1. The Morgan fingerprint density at radius 2 is 1.86 bits per heavy atom. The van der Waals surface area contributed by atoms with Gasteiger partial charge in [0, 0.05) is 4.47 Å². The van der Waals surface area contributed by atoms with Crippen molar-refractivity contribution in [2.24, 2.45) is 0 Å². The van der Waals surface area contributed by atoms with Gasteiger partial charge in [0.1, 0.15) is 24.8 Å². The van der Waals surface area contributed by atoms with Crippen molar-refractivity contribution < 1.29 is 18.7 Å². The molecular weight excluding hydrogens is 341 g/mol. The fourth-order valence-electron chi connectivity index (χ4n) is 1.56. The number of hydrogen-bond donors (Lipinski definition) is 1. The minimum Gasteiger partial charge on any atom is -0.490 e. The van der Waals surface area contributed by atoms with Crippen LogP contribution in [0.15, 0.2) is 46.9 Å². The van der Waals surface area contributed by atoms with E-state index < -0.39 is 11.8 Å². The first-order chi connectivity index (χ1) is 10.1. The normalized spacial score (nSPS) is 10.2. The first-order valence-electron chi connectivity index (χ1n) is 6.17. The Labute approximate surface area is 129 Å². The maximum Gasteiger partial charge on any atom is 0.338 e. The van der Waals surface area contributed by atoms with Crippen LogP contribution in [0.3, 0.4) is 0 Å². The van der Waals surface area contributed by atoms with E-state index in [9.17, 15) is 9.18 Å². The number of anilines is 1. The summed E-state index contributed by atoms with van der Waals surface area (Å²) in [6.45, 7) is 0.283. The van der Waals surface area contributed by atoms with E-state index in [-0.39, 0.29) is 24.5 Å². The molecule has 21 heavy (non-hydrogen) atoms. The SMILES string of the molecule is Nc1ccc(C(=O)OCCOc2ccc(Br)cc2)cc1F. The van der Waals surface area contributed by atoms with E-state index in [1.54, 1.807) is 12.1 Å². The Kier molecular flexibility index (Phi) is 5.16. The van der Waals surface area contributed by atoms with Crippen molar-refractivity contribution in [3.05, 3.63) is 58.3 Å². The number of ether oxygens (including phenoxy) is 2. The van der Waals surface area contributed by atoms with E-state index >= 15 is 0 Å². The molecule has 0 aromatic heterocycles. The zero-order chi connectivity index (χ0) is 15.2. The fourth-order valence-corrected chi connectivity index (χ4v) is 1.83. The van der Waals surface area contributed by atoms with Crippen LogP contribution in [0.1, 0.15) is 10.4 Å². The van der Waals surface area contributed by atoms with Crippen LogP contribution in [-0.2, 0) is 4.74 Å². The maximum atomic E-state index is 13.2. The molecule has 0 fully saturated rings. The molecule has 2 rings (SSSR count). The molecule has 0 aliphatic carbocycles. The third-order valence-corrected chi connectivity index (χ3v) is 3.16. The summed E-state index contributed by atoms with van der Waals surface area (Å²) in [6.07, 6.45) is 0. The first kappa shape index (κ1) is 15.3. The molecule has 2 aromatic rings. The van der Waals surface area contributed by atoms with Crippen LogP contribution in [0.4, 0.5) is 10.1 Å². The monoisotopic (exact) mass is 353 g/mol. The third kappa shape index (κ3) is 4.46. The second-order valence-corrected chi connectivity index (χ2v) is 5.09. The molecule has 0 saturated carbocycles. The minimum atomic E-state index is -0.643. The average Bonchev–Trinajstić information content (AvgIpc) is 2.48. The Bertz CT molecular complexity index is 631. The van der Waals surface area contributed by atoms with Gasteiger partial charge in [0.15, 0.2) is 0 Å². The number of rotatable bonds is 5. The Morgan fingerprint density at radius 1 is 1.14 bits per heavy atom. The van der Waals surface area contributed by atoms with Crippen molar-refractivity contribution >= 4 is 27.6 Å². The molecule has 0 radical (unpaired) electrons. The van der Waals surface area contributed by atoms with Crippen LogP contribution in [0.25, 0.3) is 0 Å². The molecule has 110 valence electrons. The molecular formula is C15H13BrFNO3. The average molecular weight is 354 g/mol. The van der Waals surface area contributed by atoms with Gasteiger partial charge in [-0.25, -0.2) is 9.18 Å². The molecule has 0 aliphatic heterocycles. The highest BCUT2D eigenvalue weighted by molar-refractivity contribution is 9.10. The van der Waals surface area contributed by atoms with E-state index in [0.29, 0.717) is 5.75 Å². The third-order valence-electron chi connectivity index (χ3n) is 2.64. The van der Waals surface area contributed by atoms with Crippen molar-refractivity contribution in [1.82, 2.24) is 0 Å². The van der Waals surface area contributed by atoms with Crippen molar-refractivity contribution in [2.45, 2.75) is 0 Å². The van der Waals surface area contributed by atoms with Crippen molar-refractivity contribution in [3.63, 3.8) is 0 Å². The second kappa shape index (κ2) is 7.08. The smallest absolute Gasteiger partial charge is 0.338 e. The van der Waals surface area contributed by atoms with E-state index in [4.69, 9.17) is 15.2 Å². The van der Waals surface area contributed by atoms with E-state index in [2.05, 4.69) is 15.9 Å². The summed E-state index contributed by atoms with van der Waals surface area (Å²) in [6, 6.07) is 11.1. The van der Waals surface area contributed by atoms with Crippen LogP contribution in [0, 0.1) is 5.82 Å². The van der Waals surface area contributed by atoms with Gasteiger partial charge in [-0.15, -0.1) is 0 Å². The molecule has 0 atom stereocenters. The predicted molar refractivity (Wildman–Crippen MR) is 80.7 cm³/mol. The summed E-state index contributed by atoms with van der Waals surface area (Å²) < 4.78 is 24.6. The van der Waals surface area contributed by atoms with Crippen LogP contribution in [0.5, 0.6) is 5.75 Å². The zero-order valence-corrected chi connectivity index (χ0v) is 12.6. The van der Waals surface area contributed by atoms with Gasteiger partial charge in [-0.05, 0) is 42.5 Å². The van der Waals surface area contributed by atoms with Gasteiger partial charge in [0.05, 0.1) is 11.3 Å². The Balaban J connectivity index is 1.79. The van der Waals surface area contributed by atoms with Crippen LogP contribution >= 0.6 is 15.9 Å². The number of carbonyl (C=O) groups excluding carboxylic acids is 1. The molecule has 0 unspecified atom stereocenters. The molecule has 0 bridgehead atoms. The number of halogens is 2. The van der Waals surface area contributed by atoms with Crippen molar-refractivity contribution in [3.8, 4) is 5.75 Å². The number of benzene rings is 2. The molecule has 2 aromatic carbocycles. The lowest BCUT2D eigenvalue weighted by Gasteiger charge is -2.08. The lowest BCUT2D eigenvalue weighted by atomic mass is 10.2. The molecule has 0 heterocycles. The molecule has 0 saturated heterocycles. The number of esters is 1. The molecule has 2 N–H and O–H groups in total. The second-order valence-electron chi connectivity index (χ2n) is 4.17. The predicted octanol–water partition coefficient (Wildman–Crippen LogP) is 3.41. The lowest BCUT2D eigenvalue weighted by Crippen LogP contribution is -2.12. The van der Waals surface area contributed by atoms with Gasteiger partial charge < -0.3 is 15.2 Å². The number of hydrogen-bond acceptors (Lipinski definition) is 4. The van der Waals surface area contributed by atoms with E-state index in [1.165, 1.54) is 12.1 Å². The summed E-state index contributed by atoms with van der Waals surface area (Å²) in [5.41, 5.74) is 5.44. The van der Waals surface area contributed by atoms with Gasteiger partial charge in [-0.2, -0.15) is 0 Å². The summed E-state index contributed by atoms with van der Waals surface area (Å²) in [4.78, 5) is 11.7. The van der Waals surface area contributed by atoms with Crippen LogP contribution < -0.4 is 10.5 Å². The summed E-state index contributed by atoms with van der Waals surface area (Å²) in [5.74, 6) is -0.586. The first-order valence-corrected chi connectivity index (χ1v) is 6.96.